The molecule has 0 atom stereocenters. The number of hydrogen-bond acceptors (Lipinski definition) is 3. The molecule has 3 rings (SSSR count). The van der Waals surface area contributed by atoms with Crippen LogP contribution in [0.5, 0.6) is 11.5 Å². The number of phenolic OH excluding ortho intramolecular Hbond substituents is 1. The Morgan fingerprint density at radius 3 is 2.57 bits per heavy atom. The van der Waals surface area contributed by atoms with Gasteiger partial charge >= 0.3 is 5.97 Å². The van der Waals surface area contributed by atoms with E-state index >= 15 is 0 Å². The molecule has 0 spiro atoms. The van der Waals surface area contributed by atoms with Crippen LogP contribution in [0.15, 0.2) is 46.9 Å². The van der Waals surface area contributed by atoms with Crippen LogP contribution in [0.1, 0.15) is 18.2 Å². The Bertz CT molecular complexity index is 881. The summed E-state index contributed by atoms with van der Waals surface area (Å²) >= 11 is 3.43. The summed E-state index contributed by atoms with van der Waals surface area (Å²) in [5.74, 6) is 0.270. The quantitative estimate of drug-likeness (QED) is 0.692. The van der Waals surface area contributed by atoms with Crippen molar-refractivity contribution < 1.29 is 14.6 Å². The van der Waals surface area contributed by atoms with E-state index in [1.54, 1.807) is 12.1 Å². The summed E-state index contributed by atoms with van der Waals surface area (Å²) in [5, 5.41) is 10.5. The van der Waals surface area contributed by atoms with Gasteiger partial charge in [0.05, 0.1) is 11.2 Å². The van der Waals surface area contributed by atoms with Gasteiger partial charge in [-0.3, -0.25) is 4.79 Å². The molecule has 0 saturated carbocycles. The van der Waals surface area contributed by atoms with E-state index in [1.807, 2.05) is 37.3 Å². The summed E-state index contributed by atoms with van der Waals surface area (Å²) in [6.07, 6.45) is 0. The fraction of sp³-hybridized carbons (Fsp3) is 0.167. The van der Waals surface area contributed by atoms with Gasteiger partial charge in [0, 0.05) is 23.3 Å². The highest BCUT2D eigenvalue weighted by Gasteiger charge is 2.17. The number of aromatic nitrogens is 1. The topological polar surface area (TPSA) is 51.5 Å². The lowest BCUT2D eigenvalue weighted by Gasteiger charge is -2.09. The molecule has 23 heavy (non-hydrogen) atoms. The van der Waals surface area contributed by atoms with Crippen molar-refractivity contribution in [2.45, 2.75) is 20.4 Å². The molecule has 0 fully saturated rings. The fourth-order valence-corrected chi connectivity index (χ4v) is 2.95. The molecule has 0 saturated heterocycles. The number of halogens is 1. The third-order valence-electron chi connectivity index (χ3n) is 3.75. The number of ether oxygens (including phenoxy) is 1. The molecule has 0 amide bonds. The molecular formula is C18H16BrNO3. The Labute approximate surface area is 142 Å². The fourth-order valence-electron chi connectivity index (χ4n) is 2.69. The van der Waals surface area contributed by atoms with Gasteiger partial charge in [0.1, 0.15) is 5.75 Å². The van der Waals surface area contributed by atoms with E-state index in [9.17, 15) is 9.90 Å². The first-order valence-electron chi connectivity index (χ1n) is 7.20. The molecule has 0 aliphatic rings. The Morgan fingerprint density at radius 1 is 1.22 bits per heavy atom. The van der Waals surface area contributed by atoms with Crippen LogP contribution in [0.3, 0.4) is 0 Å². The molecule has 0 unspecified atom stereocenters. The van der Waals surface area contributed by atoms with E-state index in [-0.39, 0.29) is 11.7 Å². The molecule has 0 bridgehead atoms. The SMILES string of the molecule is CC(=O)Oc1c(C)n(Cc2ccc(Br)cc2)c2ccc(O)cc12. The Morgan fingerprint density at radius 2 is 1.91 bits per heavy atom. The van der Waals surface area contributed by atoms with Gasteiger partial charge in [0.25, 0.3) is 0 Å². The highest BCUT2D eigenvalue weighted by atomic mass is 79.9. The molecular weight excluding hydrogens is 358 g/mol. The maximum Gasteiger partial charge on any atom is 0.308 e. The maximum absolute atomic E-state index is 11.4. The average Bonchev–Trinajstić information content (AvgIpc) is 2.74. The van der Waals surface area contributed by atoms with Crippen molar-refractivity contribution in [3.8, 4) is 11.5 Å². The minimum atomic E-state index is -0.376. The molecule has 1 heterocycles. The lowest BCUT2D eigenvalue weighted by molar-refractivity contribution is -0.131. The van der Waals surface area contributed by atoms with Crippen LogP contribution in [0.2, 0.25) is 0 Å². The van der Waals surface area contributed by atoms with E-state index < -0.39 is 0 Å². The number of fused-ring (bicyclic) bond motifs is 1. The molecule has 2 aromatic carbocycles. The van der Waals surface area contributed by atoms with E-state index in [0.29, 0.717) is 12.3 Å². The van der Waals surface area contributed by atoms with Gasteiger partial charge in [-0.25, -0.2) is 0 Å². The first-order valence-corrected chi connectivity index (χ1v) is 7.99. The van der Waals surface area contributed by atoms with Crippen LogP contribution < -0.4 is 4.74 Å². The number of nitrogens with zero attached hydrogens (tertiary/aromatic N) is 1. The molecule has 0 aliphatic carbocycles. The zero-order valence-corrected chi connectivity index (χ0v) is 14.4. The van der Waals surface area contributed by atoms with Crippen LogP contribution in [-0.4, -0.2) is 15.6 Å². The summed E-state index contributed by atoms with van der Waals surface area (Å²) in [5.41, 5.74) is 2.90. The highest BCUT2D eigenvalue weighted by molar-refractivity contribution is 9.10. The number of aromatic hydroxyl groups is 1. The molecule has 118 valence electrons. The van der Waals surface area contributed by atoms with Gasteiger partial charge < -0.3 is 14.4 Å². The summed E-state index contributed by atoms with van der Waals surface area (Å²) in [6.45, 7) is 3.94. The smallest absolute Gasteiger partial charge is 0.308 e. The molecule has 5 heteroatoms. The number of hydrogen-bond donors (Lipinski definition) is 1. The van der Waals surface area contributed by atoms with Gasteiger partial charge in [-0.15, -0.1) is 0 Å². The van der Waals surface area contributed by atoms with Gasteiger partial charge in [-0.05, 0) is 42.8 Å². The van der Waals surface area contributed by atoms with Crippen LogP contribution in [0.25, 0.3) is 10.9 Å². The lowest BCUT2D eigenvalue weighted by Crippen LogP contribution is -2.05. The second kappa shape index (κ2) is 6.08. The Hall–Kier alpha value is -2.27. The van der Waals surface area contributed by atoms with Crippen molar-refractivity contribution in [1.29, 1.82) is 0 Å². The zero-order chi connectivity index (χ0) is 16.6. The summed E-state index contributed by atoms with van der Waals surface area (Å²) in [6, 6.07) is 13.2. The first kappa shape index (κ1) is 15.6. The van der Waals surface area contributed by atoms with Crippen molar-refractivity contribution in [2.75, 3.05) is 0 Å². The van der Waals surface area contributed by atoms with Crippen molar-refractivity contribution in [3.05, 3.63) is 58.2 Å². The molecule has 0 radical (unpaired) electrons. The summed E-state index contributed by atoms with van der Waals surface area (Å²) in [4.78, 5) is 11.4. The highest BCUT2D eigenvalue weighted by Crippen LogP contribution is 2.35. The Balaban J connectivity index is 2.14. The first-order chi connectivity index (χ1) is 11.0. The van der Waals surface area contributed by atoms with Gasteiger partial charge in [0.15, 0.2) is 5.75 Å². The number of carbonyl (C=O) groups is 1. The summed E-state index contributed by atoms with van der Waals surface area (Å²) < 4.78 is 8.48. The number of phenols is 1. The maximum atomic E-state index is 11.4. The zero-order valence-electron chi connectivity index (χ0n) is 12.8. The molecule has 1 N–H and O–H groups in total. The average molecular weight is 374 g/mol. The van der Waals surface area contributed by atoms with E-state index in [0.717, 1.165) is 26.6 Å². The largest absolute Gasteiger partial charge is 0.508 e. The van der Waals surface area contributed by atoms with Crippen molar-refractivity contribution in [3.63, 3.8) is 0 Å². The van der Waals surface area contributed by atoms with E-state index in [4.69, 9.17) is 4.74 Å². The van der Waals surface area contributed by atoms with Crippen molar-refractivity contribution >= 4 is 32.8 Å². The second-order valence-electron chi connectivity index (χ2n) is 5.42. The second-order valence-corrected chi connectivity index (χ2v) is 6.34. The van der Waals surface area contributed by atoms with Crippen molar-refractivity contribution in [2.24, 2.45) is 0 Å². The predicted molar refractivity (Wildman–Crippen MR) is 92.9 cm³/mol. The summed E-state index contributed by atoms with van der Waals surface area (Å²) in [7, 11) is 0. The van der Waals surface area contributed by atoms with Crippen LogP contribution in [-0.2, 0) is 11.3 Å². The number of rotatable bonds is 3. The predicted octanol–water partition coefficient (Wildman–Crippen LogP) is 4.39. The Kier molecular flexibility index (Phi) is 4.13. The van der Waals surface area contributed by atoms with Crippen LogP contribution >= 0.6 is 15.9 Å². The number of benzene rings is 2. The van der Waals surface area contributed by atoms with Gasteiger partial charge in [-0.2, -0.15) is 0 Å². The standard InChI is InChI=1S/C18H16BrNO3/c1-11-18(23-12(2)21)16-9-15(22)7-8-17(16)20(11)10-13-3-5-14(19)6-4-13/h3-9,22H,10H2,1-2H3. The monoisotopic (exact) mass is 373 g/mol. The lowest BCUT2D eigenvalue weighted by atomic mass is 10.2. The normalized spacial score (nSPS) is 10.9. The molecule has 1 aromatic heterocycles. The minimum absolute atomic E-state index is 0.145. The van der Waals surface area contributed by atoms with E-state index in [1.165, 1.54) is 6.92 Å². The number of esters is 1. The molecule has 3 aromatic rings. The minimum Gasteiger partial charge on any atom is -0.508 e. The van der Waals surface area contributed by atoms with Gasteiger partial charge in [0.2, 0.25) is 0 Å². The molecule has 0 aliphatic heterocycles. The van der Waals surface area contributed by atoms with Crippen LogP contribution in [0, 0.1) is 6.92 Å². The van der Waals surface area contributed by atoms with Crippen LogP contribution in [0.4, 0.5) is 0 Å². The number of carbonyl (C=O) groups excluding carboxylic acids is 1. The van der Waals surface area contributed by atoms with Gasteiger partial charge in [-0.1, -0.05) is 28.1 Å². The van der Waals surface area contributed by atoms with Crippen molar-refractivity contribution in [1.82, 2.24) is 4.57 Å². The molecule has 4 nitrogen and oxygen atoms in total. The van der Waals surface area contributed by atoms with E-state index in [2.05, 4.69) is 20.5 Å². The third-order valence-corrected chi connectivity index (χ3v) is 4.28. The third kappa shape index (κ3) is 3.10.